The van der Waals surface area contributed by atoms with Gasteiger partial charge in [-0.3, -0.25) is 9.59 Å². The molecule has 4 heteroatoms. The van der Waals surface area contributed by atoms with E-state index in [4.69, 9.17) is 0 Å². The van der Waals surface area contributed by atoms with Crippen LogP contribution in [0.5, 0.6) is 11.5 Å². The quantitative estimate of drug-likeness (QED) is 0.846. The monoisotopic (exact) mass is 284 g/mol. The minimum absolute atomic E-state index is 0.00998. The number of rotatable bonds is 4. The molecule has 0 aliphatic heterocycles. The molecule has 108 valence electrons. The zero-order chi connectivity index (χ0) is 15.6. The lowest BCUT2D eigenvalue weighted by molar-refractivity contribution is 0.111. The third-order valence-corrected chi connectivity index (χ3v) is 3.44. The van der Waals surface area contributed by atoms with E-state index in [0.29, 0.717) is 30.1 Å². The summed E-state index contributed by atoms with van der Waals surface area (Å²) in [6.07, 6.45) is 1.74. The van der Waals surface area contributed by atoms with Gasteiger partial charge >= 0.3 is 0 Å². The summed E-state index contributed by atoms with van der Waals surface area (Å²) in [6, 6.07) is 6.84. The number of hydrogen-bond donors (Lipinski definition) is 2. The fourth-order valence-corrected chi connectivity index (χ4v) is 2.39. The Labute approximate surface area is 122 Å². The van der Waals surface area contributed by atoms with E-state index in [1.807, 2.05) is 0 Å². The number of carbonyl (C=O) groups excluding carboxylic acids is 2. The van der Waals surface area contributed by atoms with E-state index in [1.165, 1.54) is 0 Å². The highest BCUT2D eigenvalue weighted by Crippen LogP contribution is 2.27. The van der Waals surface area contributed by atoms with Crippen LogP contribution in [-0.2, 0) is 6.42 Å². The van der Waals surface area contributed by atoms with Gasteiger partial charge in [0.05, 0.1) is 11.1 Å². The summed E-state index contributed by atoms with van der Waals surface area (Å²) < 4.78 is 0. The Kier molecular flexibility index (Phi) is 4.08. The predicted octanol–water partition coefficient (Wildman–Crippen LogP) is 2.93. The van der Waals surface area contributed by atoms with E-state index in [0.717, 1.165) is 11.1 Å². The molecule has 0 spiro atoms. The van der Waals surface area contributed by atoms with Crippen LogP contribution in [0.2, 0.25) is 0 Å². The minimum atomic E-state index is -0.00998. The van der Waals surface area contributed by atoms with E-state index in [1.54, 1.807) is 38.1 Å². The Morgan fingerprint density at radius 1 is 0.810 bits per heavy atom. The van der Waals surface area contributed by atoms with Crippen LogP contribution in [0.15, 0.2) is 24.3 Å². The molecule has 0 aliphatic rings. The molecule has 0 amide bonds. The van der Waals surface area contributed by atoms with Crippen LogP contribution < -0.4 is 0 Å². The summed E-state index contributed by atoms with van der Waals surface area (Å²) in [6.45, 7) is 3.45. The van der Waals surface area contributed by atoms with Crippen molar-refractivity contribution in [3.8, 4) is 11.5 Å². The van der Waals surface area contributed by atoms with Crippen molar-refractivity contribution in [2.45, 2.75) is 20.3 Å². The molecule has 0 radical (unpaired) electrons. The second kappa shape index (κ2) is 5.79. The normalized spacial score (nSPS) is 10.4. The third kappa shape index (κ3) is 2.94. The second-order valence-corrected chi connectivity index (χ2v) is 5.11. The largest absolute Gasteiger partial charge is 0.507 e. The predicted molar refractivity (Wildman–Crippen MR) is 79.3 cm³/mol. The van der Waals surface area contributed by atoms with Crippen molar-refractivity contribution < 1.29 is 19.8 Å². The molecular formula is C17H16O4. The number of benzene rings is 2. The van der Waals surface area contributed by atoms with E-state index in [-0.39, 0.29) is 22.6 Å². The van der Waals surface area contributed by atoms with Gasteiger partial charge in [0.25, 0.3) is 0 Å². The summed E-state index contributed by atoms with van der Waals surface area (Å²) in [4.78, 5) is 21.9. The first-order valence-electron chi connectivity index (χ1n) is 6.51. The van der Waals surface area contributed by atoms with Crippen LogP contribution >= 0.6 is 0 Å². The number of phenolic OH excluding ortho intramolecular Hbond substituents is 2. The van der Waals surface area contributed by atoms with Gasteiger partial charge in [0, 0.05) is 0 Å². The Balaban J connectivity index is 2.43. The average Bonchev–Trinajstić information content (AvgIpc) is 2.46. The first kappa shape index (κ1) is 14.8. The number of carbonyl (C=O) groups is 2. The Morgan fingerprint density at radius 2 is 1.19 bits per heavy atom. The van der Waals surface area contributed by atoms with Crippen LogP contribution in [0.4, 0.5) is 0 Å². The van der Waals surface area contributed by atoms with Crippen LogP contribution in [0.1, 0.15) is 43.0 Å². The maximum absolute atomic E-state index is 10.9. The zero-order valence-corrected chi connectivity index (χ0v) is 11.9. The summed E-state index contributed by atoms with van der Waals surface area (Å²) in [5.74, 6) is -0.0200. The summed E-state index contributed by atoms with van der Waals surface area (Å²) >= 11 is 0. The van der Waals surface area contributed by atoms with Gasteiger partial charge in [0.15, 0.2) is 12.6 Å². The molecule has 0 bridgehead atoms. The molecule has 0 heterocycles. The minimum Gasteiger partial charge on any atom is -0.507 e. The van der Waals surface area contributed by atoms with Gasteiger partial charge in [0.2, 0.25) is 0 Å². The number of hydrogen-bond acceptors (Lipinski definition) is 4. The Bertz CT molecular complexity index is 656. The molecule has 0 atom stereocenters. The molecule has 0 aromatic heterocycles. The maximum atomic E-state index is 10.9. The Morgan fingerprint density at radius 3 is 1.52 bits per heavy atom. The molecule has 0 aliphatic carbocycles. The van der Waals surface area contributed by atoms with Crippen molar-refractivity contribution in [2.75, 3.05) is 0 Å². The fourth-order valence-electron chi connectivity index (χ4n) is 2.39. The molecule has 0 fully saturated rings. The van der Waals surface area contributed by atoms with Gasteiger partial charge in [-0.1, -0.05) is 12.1 Å². The van der Waals surface area contributed by atoms with Crippen molar-refractivity contribution in [2.24, 2.45) is 0 Å². The zero-order valence-electron chi connectivity index (χ0n) is 11.9. The molecule has 0 unspecified atom stereocenters. The third-order valence-electron chi connectivity index (χ3n) is 3.44. The van der Waals surface area contributed by atoms with Crippen LogP contribution in [0.25, 0.3) is 0 Å². The highest BCUT2D eigenvalue weighted by molar-refractivity contribution is 5.81. The molecule has 21 heavy (non-hydrogen) atoms. The fraction of sp³-hybridized carbons (Fsp3) is 0.176. The molecule has 2 N–H and O–H groups in total. The van der Waals surface area contributed by atoms with E-state index < -0.39 is 0 Å². The molecule has 2 rings (SSSR count). The molecular weight excluding hydrogens is 268 g/mol. The van der Waals surface area contributed by atoms with E-state index in [2.05, 4.69) is 0 Å². The molecule has 2 aromatic rings. The van der Waals surface area contributed by atoms with E-state index in [9.17, 15) is 19.8 Å². The second-order valence-electron chi connectivity index (χ2n) is 5.11. The highest BCUT2D eigenvalue weighted by Gasteiger charge is 2.10. The van der Waals surface area contributed by atoms with Crippen molar-refractivity contribution in [1.82, 2.24) is 0 Å². The Hall–Kier alpha value is -2.62. The van der Waals surface area contributed by atoms with Crippen LogP contribution in [0.3, 0.4) is 0 Å². The van der Waals surface area contributed by atoms with Gasteiger partial charge in [-0.25, -0.2) is 0 Å². The molecule has 0 saturated carbocycles. The topological polar surface area (TPSA) is 74.6 Å². The lowest BCUT2D eigenvalue weighted by atomic mass is 9.97. The van der Waals surface area contributed by atoms with Crippen molar-refractivity contribution in [1.29, 1.82) is 0 Å². The SMILES string of the molecule is Cc1cc(Cc2cc(C)c(O)c(C=O)c2)cc(C=O)c1O. The lowest BCUT2D eigenvalue weighted by Crippen LogP contribution is -1.96. The van der Waals surface area contributed by atoms with E-state index >= 15 is 0 Å². The van der Waals surface area contributed by atoms with Gasteiger partial charge in [0.1, 0.15) is 11.5 Å². The average molecular weight is 284 g/mol. The van der Waals surface area contributed by atoms with Crippen LogP contribution in [0, 0.1) is 13.8 Å². The van der Waals surface area contributed by atoms with Crippen molar-refractivity contribution in [3.63, 3.8) is 0 Å². The maximum Gasteiger partial charge on any atom is 0.153 e. The molecule has 4 nitrogen and oxygen atoms in total. The molecule has 2 aromatic carbocycles. The van der Waals surface area contributed by atoms with Crippen molar-refractivity contribution in [3.05, 3.63) is 57.6 Å². The van der Waals surface area contributed by atoms with Gasteiger partial charge in [-0.15, -0.1) is 0 Å². The van der Waals surface area contributed by atoms with Gasteiger partial charge in [-0.05, 0) is 54.7 Å². The first-order valence-corrected chi connectivity index (χ1v) is 6.51. The smallest absolute Gasteiger partial charge is 0.153 e. The summed E-state index contributed by atoms with van der Waals surface area (Å²) in [7, 11) is 0. The number of aldehydes is 2. The van der Waals surface area contributed by atoms with Crippen molar-refractivity contribution >= 4 is 12.6 Å². The first-order chi connectivity index (χ1) is 9.96. The standard InChI is InChI=1S/C17H16O4/c1-10-3-12(6-14(8-18)16(10)20)5-13-4-11(2)17(21)15(7-13)9-19/h3-4,6-9,20-21H,5H2,1-2H3. The summed E-state index contributed by atoms with van der Waals surface area (Å²) in [5, 5.41) is 19.5. The van der Waals surface area contributed by atoms with Gasteiger partial charge in [-0.2, -0.15) is 0 Å². The molecule has 0 saturated heterocycles. The number of phenols is 2. The summed E-state index contributed by atoms with van der Waals surface area (Å²) in [5.41, 5.74) is 3.46. The highest BCUT2D eigenvalue weighted by atomic mass is 16.3. The van der Waals surface area contributed by atoms with Crippen LogP contribution in [-0.4, -0.2) is 22.8 Å². The number of aromatic hydroxyl groups is 2. The number of aryl methyl sites for hydroxylation is 2. The lowest BCUT2D eigenvalue weighted by Gasteiger charge is -2.10. The van der Waals surface area contributed by atoms with Gasteiger partial charge < -0.3 is 10.2 Å².